The third-order valence-electron chi connectivity index (χ3n) is 3.94. The SMILES string of the molecule is C[C@H]1CCC(C)(C)[C@@H](O)C1(C)C. The summed E-state index contributed by atoms with van der Waals surface area (Å²) in [6.45, 7) is 11.0. The summed E-state index contributed by atoms with van der Waals surface area (Å²) < 4.78 is 0. The van der Waals surface area contributed by atoms with Crippen LogP contribution in [0.25, 0.3) is 0 Å². The van der Waals surface area contributed by atoms with Crippen molar-refractivity contribution in [2.45, 2.75) is 53.6 Å². The first-order chi connectivity index (χ1) is 5.28. The van der Waals surface area contributed by atoms with Gasteiger partial charge < -0.3 is 5.11 Å². The number of hydrogen-bond acceptors (Lipinski definition) is 1. The topological polar surface area (TPSA) is 20.2 Å². The van der Waals surface area contributed by atoms with E-state index in [2.05, 4.69) is 34.6 Å². The lowest BCUT2D eigenvalue weighted by atomic mass is 9.58. The Bertz CT molecular complexity index is 170. The molecule has 1 rings (SSSR count). The highest BCUT2D eigenvalue weighted by Gasteiger charge is 2.46. The second-order valence-corrected chi connectivity index (χ2v) is 5.65. The molecule has 1 nitrogen and oxygen atoms in total. The molecule has 1 aliphatic carbocycles. The van der Waals surface area contributed by atoms with Gasteiger partial charge in [0.1, 0.15) is 0 Å². The highest BCUT2D eigenvalue weighted by molar-refractivity contribution is 4.96. The van der Waals surface area contributed by atoms with Crippen molar-refractivity contribution in [1.82, 2.24) is 0 Å². The van der Waals surface area contributed by atoms with E-state index in [9.17, 15) is 5.11 Å². The summed E-state index contributed by atoms with van der Waals surface area (Å²) in [5, 5.41) is 10.1. The fraction of sp³-hybridized carbons (Fsp3) is 1.00. The molecule has 0 heterocycles. The molecule has 1 N–H and O–H groups in total. The maximum atomic E-state index is 10.1. The van der Waals surface area contributed by atoms with E-state index in [0.29, 0.717) is 5.92 Å². The van der Waals surface area contributed by atoms with Crippen molar-refractivity contribution < 1.29 is 5.11 Å². The van der Waals surface area contributed by atoms with Crippen LogP contribution in [0.2, 0.25) is 0 Å². The van der Waals surface area contributed by atoms with Crippen LogP contribution in [0.15, 0.2) is 0 Å². The van der Waals surface area contributed by atoms with Crippen molar-refractivity contribution in [2.75, 3.05) is 0 Å². The molecule has 0 radical (unpaired) electrons. The minimum Gasteiger partial charge on any atom is -0.392 e. The quantitative estimate of drug-likeness (QED) is 0.592. The average molecular weight is 170 g/mol. The molecule has 0 aromatic carbocycles. The van der Waals surface area contributed by atoms with Gasteiger partial charge in [-0.2, -0.15) is 0 Å². The number of aliphatic hydroxyl groups is 1. The van der Waals surface area contributed by atoms with E-state index in [1.807, 2.05) is 0 Å². The van der Waals surface area contributed by atoms with Gasteiger partial charge in [0.05, 0.1) is 6.10 Å². The lowest BCUT2D eigenvalue weighted by Gasteiger charge is -2.49. The summed E-state index contributed by atoms with van der Waals surface area (Å²) in [5.74, 6) is 0.639. The van der Waals surface area contributed by atoms with Gasteiger partial charge in [0.2, 0.25) is 0 Å². The second kappa shape index (κ2) is 2.73. The molecule has 12 heavy (non-hydrogen) atoms. The van der Waals surface area contributed by atoms with Crippen LogP contribution in [-0.2, 0) is 0 Å². The van der Waals surface area contributed by atoms with Gasteiger partial charge in [-0.25, -0.2) is 0 Å². The van der Waals surface area contributed by atoms with Gasteiger partial charge in [0.15, 0.2) is 0 Å². The van der Waals surface area contributed by atoms with Crippen LogP contribution in [0.5, 0.6) is 0 Å². The van der Waals surface area contributed by atoms with E-state index < -0.39 is 0 Å². The van der Waals surface area contributed by atoms with E-state index >= 15 is 0 Å². The van der Waals surface area contributed by atoms with E-state index in [4.69, 9.17) is 0 Å². The predicted molar refractivity (Wildman–Crippen MR) is 52.0 cm³/mol. The Hall–Kier alpha value is -0.0400. The van der Waals surface area contributed by atoms with Crippen LogP contribution in [0.4, 0.5) is 0 Å². The van der Waals surface area contributed by atoms with Crippen molar-refractivity contribution >= 4 is 0 Å². The van der Waals surface area contributed by atoms with Gasteiger partial charge in [-0.05, 0) is 29.6 Å². The molecule has 0 aromatic rings. The fourth-order valence-corrected chi connectivity index (χ4v) is 2.37. The van der Waals surface area contributed by atoms with Gasteiger partial charge in [-0.1, -0.05) is 34.6 Å². The first-order valence-electron chi connectivity index (χ1n) is 4.96. The molecule has 2 atom stereocenters. The minimum absolute atomic E-state index is 0.0851. The molecule has 1 heteroatoms. The zero-order chi connectivity index (χ0) is 9.57. The maximum Gasteiger partial charge on any atom is 0.0644 e. The zero-order valence-electron chi connectivity index (χ0n) is 9.02. The highest BCUT2D eigenvalue weighted by atomic mass is 16.3. The van der Waals surface area contributed by atoms with Gasteiger partial charge in [0.25, 0.3) is 0 Å². The van der Waals surface area contributed by atoms with E-state index in [1.54, 1.807) is 0 Å². The molecule has 0 aliphatic heterocycles. The van der Waals surface area contributed by atoms with Gasteiger partial charge in [-0.15, -0.1) is 0 Å². The first-order valence-corrected chi connectivity index (χ1v) is 4.96. The molecular weight excluding hydrogens is 148 g/mol. The van der Waals surface area contributed by atoms with Crippen molar-refractivity contribution in [3.63, 3.8) is 0 Å². The normalized spacial score (nSPS) is 39.5. The van der Waals surface area contributed by atoms with Crippen LogP contribution >= 0.6 is 0 Å². The Morgan fingerprint density at radius 1 is 1.17 bits per heavy atom. The van der Waals surface area contributed by atoms with Crippen molar-refractivity contribution in [3.8, 4) is 0 Å². The predicted octanol–water partition coefficient (Wildman–Crippen LogP) is 2.83. The third kappa shape index (κ3) is 1.39. The first kappa shape index (κ1) is 10.0. The Balaban J connectivity index is 2.86. The van der Waals surface area contributed by atoms with Crippen LogP contribution in [0, 0.1) is 16.7 Å². The Labute approximate surface area is 76.2 Å². The summed E-state index contributed by atoms with van der Waals surface area (Å²) in [5.41, 5.74) is 0.192. The smallest absolute Gasteiger partial charge is 0.0644 e. The second-order valence-electron chi connectivity index (χ2n) is 5.65. The molecule has 0 saturated heterocycles. The fourth-order valence-electron chi connectivity index (χ4n) is 2.37. The average Bonchev–Trinajstić information content (AvgIpc) is 1.96. The van der Waals surface area contributed by atoms with Crippen molar-refractivity contribution in [2.24, 2.45) is 16.7 Å². The monoisotopic (exact) mass is 170 g/mol. The van der Waals surface area contributed by atoms with Crippen LogP contribution < -0.4 is 0 Å². The lowest BCUT2D eigenvalue weighted by molar-refractivity contribution is -0.103. The molecule has 0 amide bonds. The van der Waals surface area contributed by atoms with Crippen LogP contribution in [0.1, 0.15) is 47.5 Å². The molecule has 0 bridgehead atoms. The van der Waals surface area contributed by atoms with Crippen LogP contribution in [0.3, 0.4) is 0 Å². The van der Waals surface area contributed by atoms with Crippen LogP contribution in [-0.4, -0.2) is 11.2 Å². The third-order valence-corrected chi connectivity index (χ3v) is 3.94. The molecule has 0 aromatic heterocycles. The highest BCUT2D eigenvalue weighted by Crippen LogP contribution is 2.48. The van der Waals surface area contributed by atoms with Crippen molar-refractivity contribution in [3.05, 3.63) is 0 Å². The molecule has 1 saturated carbocycles. The van der Waals surface area contributed by atoms with Crippen molar-refractivity contribution in [1.29, 1.82) is 0 Å². The minimum atomic E-state index is -0.159. The summed E-state index contributed by atoms with van der Waals surface area (Å²) in [4.78, 5) is 0. The van der Waals surface area contributed by atoms with Gasteiger partial charge in [-0.3, -0.25) is 0 Å². The summed E-state index contributed by atoms with van der Waals surface area (Å²) in [6, 6.07) is 0. The Morgan fingerprint density at radius 3 is 2.08 bits per heavy atom. The molecule has 1 fully saturated rings. The number of rotatable bonds is 0. The number of hydrogen-bond donors (Lipinski definition) is 1. The van der Waals surface area contributed by atoms with E-state index in [-0.39, 0.29) is 16.9 Å². The molecule has 0 spiro atoms. The molecule has 1 aliphatic rings. The largest absolute Gasteiger partial charge is 0.392 e. The Kier molecular flexibility index (Phi) is 2.28. The Morgan fingerprint density at radius 2 is 1.67 bits per heavy atom. The van der Waals surface area contributed by atoms with Gasteiger partial charge in [0, 0.05) is 0 Å². The summed E-state index contributed by atoms with van der Waals surface area (Å²) in [7, 11) is 0. The summed E-state index contributed by atoms with van der Waals surface area (Å²) >= 11 is 0. The maximum absolute atomic E-state index is 10.1. The number of aliphatic hydroxyl groups excluding tert-OH is 1. The molecule has 0 unspecified atom stereocenters. The zero-order valence-corrected chi connectivity index (χ0v) is 9.02. The lowest BCUT2D eigenvalue weighted by Crippen LogP contribution is -2.49. The molecular formula is C11H22O. The van der Waals surface area contributed by atoms with E-state index in [1.165, 1.54) is 6.42 Å². The standard InChI is InChI=1S/C11H22O/c1-8-6-7-10(2,3)9(12)11(8,4)5/h8-9,12H,6-7H2,1-5H3/t8-,9+/m0/s1. The molecule has 72 valence electrons. The van der Waals surface area contributed by atoms with E-state index in [0.717, 1.165) is 6.42 Å². The van der Waals surface area contributed by atoms with Gasteiger partial charge >= 0.3 is 0 Å². The summed E-state index contributed by atoms with van der Waals surface area (Å²) in [6.07, 6.45) is 2.24.